The number of hydrogen-bond donors (Lipinski definition) is 0. The van der Waals surface area contributed by atoms with Gasteiger partial charge in [-0.15, -0.1) is 0 Å². The van der Waals surface area contributed by atoms with Crippen LogP contribution in [0.5, 0.6) is 0 Å². The van der Waals surface area contributed by atoms with E-state index in [0.717, 1.165) is 38.0 Å². The van der Waals surface area contributed by atoms with E-state index in [0.29, 0.717) is 36.7 Å². The summed E-state index contributed by atoms with van der Waals surface area (Å²) in [6.45, 7) is 12.3. The van der Waals surface area contributed by atoms with E-state index < -0.39 is 18.0 Å². The SMILES string of the molecule is C.C.C.C.C.C.CC1C(=O)OC(=O)C1C.CC1C2CC(C(=O)OC3CCOC3=O)C(C2)C1C.CCC(C)C(=O)OC1(C2CCCCC2)CCCC1. The van der Waals surface area contributed by atoms with E-state index in [1.165, 1.54) is 44.9 Å². The van der Waals surface area contributed by atoms with Gasteiger partial charge in [0.05, 0.1) is 30.3 Å². The second-order valence-electron chi connectivity index (χ2n) is 14.8. The maximum atomic E-state index is 12.2. The van der Waals surface area contributed by atoms with Gasteiger partial charge in [0.15, 0.2) is 0 Å². The Kier molecular flexibility index (Phi) is 24.1. The Bertz CT molecular complexity index is 1050. The van der Waals surface area contributed by atoms with Crippen LogP contribution in [0.15, 0.2) is 0 Å². The van der Waals surface area contributed by atoms with Gasteiger partial charge in [-0.1, -0.05) is 105 Å². The van der Waals surface area contributed by atoms with Crippen LogP contribution in [0.25, 0.3) is 0 Å². The molecule has 51 heavy (non-hydrogen) atoms. The molecular weight excluding hydrogens is 648 g/mol. The Labute approximate surface area is 313 Å². The summed E-state index contributed by atoms with van der Waals surface area (Å²) in [5.74, 6) is 1.33. The van der Waals surface area contributed by atoms with Gasteiger partial charge in [0.25, 0.3) is 0 Å². The maximum Gasteiger partial charge on any atom is 0.347 e. The minimum atomic E-state index is -0.649. The fourth-order valence-corrected chi connectivity index (χ4v) is 8.38. The zero-order valence-electron chi connectivity index (χ0n) is 28.3. The molecule has 9 heteroatoms. The number of esters is 5. The van der Waals surface area contributed by atoms with E-state index in [2.05, 4.69) is 25.5 Å². The first-order valence-electron chi connectivity index (χ1n) is 17.7. The third kappa shape index (κ3) is 12.3. The summed E-state index contributed by atoms with van der Waals surface area (Å²) < 4.78 is 20.5. The van der Waals surface area contributed by atoms with Crippen molar-refractivity contribution in [2.75, 3.05) is 6.61 Å². The minimum absolute atomic E-state index is 0. The van der Waals surface area contributed by atoms with Crippen molar-refractivity contribution in [1.82, 2.24) is 0 Å². The van der Waals surface area contributed by atoms with Crippen LogP contribution < -0.4 is 0 Å². The van der Waals surface area contributed by atoms with Gasteiger partial charge < -0.3 is 18.9 Å². The van der Waals surface area contributed by atoms with Crippen molar-refractivity contribution >= 4 is 29.8 Å². The predicted molar refractivity (Wildman–Crippen MR) is 207 cm³/mol. The molecule has 2 bridgehead atoms. The molecule has 2 heterocycles. The van der Waals surface area contributed by atoms with Crippen molar-refractivity contribution < 1.29 is 42.9 Å². The Balaban J connectivity index is -0.000000670. The van der Waals surface area contributed by atoms with Crippen LogP contribution in [0.2, 0.25) is 0 Å². The normalized spacial score (nSPS) is 31.6. The number of ether oxygens (including phenoxy) is 4. The molecule has 0 radical (unpaired) electrons. The summed E-state index contributed by atoms with van der Waals surface area (Å²) in [6.07, 6.45) is 14.1. The highest BCUT2D eigenvalue weighted by Gasteiger charge is 2.52. The topological polar surface area (TPSA) is 122 Å². The van der Waals surface area contributed by atoms with E-state index in [4.69, 9.17) is 14.2 Å². The Morgan fingerprint density at radius 2 is 1.31 bits per heavy atom. The molecule has 4 aliphatic carbocycles. The lowest BCUT2D eigenvalue weighted by Gasteiger charge is -2.40. The summed E-state index contributed by atoms with van der Waals surface area (Å²) >= 11 is 0. The van der Waals surface area contributed by atoms with E-state index in [1.54, 1.807) is 13.8 Å². The molecule has 0 aromatic heterocycles. The average molecular weight is 729 g/mol. The van der Waals surface area contributed by atoms with Crippen molar-refractivity contribution in [2.45, 2.75) is 181 Å². The van der Waals surface area contributed by atoms with Crippen LogP contribution in [0.3, 0.4) is 0 Å². The van der Waals surface area contributed by atoms with Crippen molar-refractivity contribution in [1.29, 1.82) is 0 Å². The van der Waals surface area contributed by atoms with Crippen molar-refractivity contribution in [2.24, 2.45) is 53.3 Å². The maximum absolute atomic E-state index is 12.2. The van der Waals surface area contributed by atoms with Crippen LogP contribution in [-0.2, 0) is 42.9 Å². The fourth-order valence-electron chi connectivity index (χ4n) is 8.38. The lowest BCUT2D eigenvalue weighted by molar-refractivity contribution is -0.172. The first kappa shape index (κ1) is 52.9. The molecule has 6 fully saturated rings. The Morgan fingerprint density at radius 1 is 0.765 bits per heavy atom. The molecule has 6 aliphatic rings. The Hall–Kier alpha value is -2.45. The summed E-state index contributed by atoms with van der Waals surface area (Å²) in [4.78, 5) is 56.7. The van der Waals surface area contributed by atoms with Gasteiger partial charge >= 0.3 is 29.8 Å². The number of carbonyl (C=O) groups excluding carboxylic acids is 5. The quantitative estimate of drug-likeness (QED) is 0.149. The van der Waals surface area contributed by atoms with Gasteiger partial charge in [0.1, 0.15) is 5.60 Å². The second kappa shape index (κ2) is 23.3. The van der Waals surface area contributed by atoms with Crippen LogP contribution in [0.4, 0.5) is 0 Å². The van der Waals surface area contributed by atoms with Crippen molar-refractivity contribution in [3.63, 3.8) is 0 Å². The van der Waals surface area contributed by atoms with Gasteiger partial charge in [-0.2, -0.15) is 0 Å². The largest absolute Gasteiger partial charge is 0.463 e. The molecule has 302 valence electrons. The van der Waals surface area contributed by atoms with Gasteiger partial charge in [0, 0.05) is 6.42 Å². The molecule has 4 saturated carbocycles. The first-order chi connectivity index (χ1) is 21.4. The van der Waals surface area contributed by atoms with Crippen LogP contribution >= 0.6 is 0 Å². The minimum Gasteiger partial charge on any atom is -0.463 e. The van der Waals surface area contributed by atoms with E-state index in [9.17, 15) is 24.0 Å². The van der Waals surface area contributed by atoms with Crippen LogP contribution in [0.1, 0.15) is 170 Å². The van der Waals surface area contributed by atoms with Gasteiger partial charge in [0.2, 0.25) is 6.10 Å². The van der Waals surface area contributed by atoms with E-state index in [-0.39, 0.29) is 91.7 Å². The fraction of sp³-hybridized carbons (Fsp3) is 0.881. The van der Waals surface area contributed by atoms with Crippen LogP contribution in [-0.4, -0.2) is 48.2 Å². The molecule has 0 aromatic carbocycles. The number of fused-ring (bicyclic) bond motifs is 2. The molecule has 9 unspecified atom stereocenters. The number of rotatable bonds is 6. The van der Waals surface area contributed by atoms with Gasteiger partial charge in [-0.25, -0.2) is 4.79 Å². The highest BCUT2D eigenvalue weighted by atomic mass is 16.6. The van der Waals surface area contributed by atoms with Crippen LogP contribution in [0, 0.1) is 53.3 Å². The van der Waals surface area contributed by atoms with E-state index in [1.807, 2.05) is 6.92 Å². The van der Waals surface area contributed by atoms with Gasteiger partial charge in [-0.3, -0.25) is 19.2 Å². The predicted octanol–water partition coefficient (Wildman–Crippen LogP) is 10.4. The third-order valence-electron chi connectivity index (χ3n) is 12.2. The zero-order valence-corrected chi connectivity index (χ0v) is 28.3. The lowest BCUT2D eigenvalue weighted by Crippen LogP contribution is -2.42. The summed E-state index contributed by atoms with van der Waals surface area (Å²) in [7, 11) is 0. The smallest absolute Gasteiger partial charge is 0.347 e. The average Bonchev–Trinajstić information content (AvgIpc) is 3.87. The highest BCUT2D eigenvalue weighted by molar-refractivity contribution is 5.95. The number of carbonyl (C=O) groups is 5. The molecule has 9 atom stereocenters. The summed E-state index contributed by atoms with van der Waals surface area (Å²) in [6, 6.07) is 0. The second-order valence-corrected chi connectivity index (χ2v) is 14.8. The van der Waals surface area contributed by atoms with Gasteiger partial charge in [-0.05, 0) is 87.4 Å². The molecule has 2 aliphatic heterocycles. The third-order valence-corrected chi connectivity index (χ3v) is 12.2. The molecule has 0 aromatic rings. The van der Waals surface area contributed by atoms with Crippen molar-refractivity contribution in [3.8, 4) is 0 Å². The monoisotopic (exact) mass is 729 g/mol. The van der Waals surface area contributed by atoms with Crippen molar-refractivity contribution in [3.05, 3.63) is 0 Å². The molecule has 0 spiro atoms. The standard InChI is InChI=1S/C16H28O2.C14H20O4.C6H8O3.6CH4/c1-3-13(2)15(17)18-16(11-7-8-12-16)14-9-5-4-6-10-14;1-7-8(2)10-5-9(7)6-11(10)13(15)18-12-3-4-17-14(12)16;1-3-4(2)6(8)9-5(3)7;;;;;;/h13-14H,3-12H2,1-2H3;7-12H,3-6H2,1-2H3;3-4H,1-2H3;6*1H4. The molecule has 2 saturated heterocycles. The molecule has 0 N–H and O–H groups in total. The molecule has 9 nitrogen and oxygen atoms in total. The summed E-state index contributed by atoms with van der Waals surface area (Å²) in [5.41, 5.74) is -0.0824. The molecule has 0 amide bonds. The highest BCUT2D eigenvalue weighted by Crippen LogP contribution is 2.55. The zero-order chi connectivity index (χ0) is 32.9. The summed E-state index contributed by atoms with van der Waals surface area (Å²) in [5, 5.41) is 0. The lowest BCUT2D eigenvalue weighted by atomic mass is 9.75. The number of cyclic esters (lactones) is 3. The molecular formula is C42H80O9. The number of hydrogen-bond acceptors (Lipinski definition) is 9. The molecule has 6 rings (SSSR count). The van der Waals surface area contributed by atoms with E-state index >= 15 is 0 Å². The Morgan fingerprint density at radius 3 is 1.73 bits per heavy atom. The first-order valence-corrected chi connectivity index (χ1v) is 17.7.